The Hall–Kier alpha value is -3.16. The zero-order chi connectivity index (χ0) is 22.3. The van der Waals surface area contributed by atoms with Gasteiger partial charge in [-0.05, 0) is 34.6 Å². The number of carbonyl (C=O) groups excluding carboxylic acids is 2. The SMILES string of the molecule is C=C(C)C(=O)O.C=C(C)C(=O)O.C=C(C)C(=O)OCC(C)OC(=O)C(=C)C. The lowest BCUT2D eigenvalue weighted by Gasteiger charge is -2.13. The molecule has 0 aromatic heterocycles. The first-order chi connectivity index (χ1) is 12.1. The minimum absolute atomic E-state index is 0.0186. The molecular formula is C19H28O8. The molecule has 0 rings (SSSR count). The fraction of sp³-hybridized carbons (Fsp3) is 0.368. The summed E-state index contributed by atoms with van der Waals surface area (Å²) in [6, 6.07) is 0. The van der Waals surface area contributed by atoms with Crippen LogP contribution in [-0.2, 0) is 28.7 Å². The first kappa shape index (κ1) is 28.6. The first-order valence-corrected chi connectivity index (χ1v) is 7.60. The third kappa shape index (κ3) is 20.8. The maximum absolute atomic E-state index is 11.1. The fourth-order valence-corrected chi connectivity index (χ4v) is 0.634. The summed E-state index contributed by atoms with van der Waals surface area (Å²) in [6.45, 7) is 20.8. The Balaban J connectivity index is -0.000000394. The van der Waals surface area contributed by atoms with Crippen molar-refractivity contribution in [3.05, 3.63) is 48.6 Å². The minimum Gasteiger partial charge on any atom is -0.478 e. The zero-order valence-electron chi connectivity index (χ0n) is 16.5. The molecule has 8 heteroatoms. The second-order valence-electron chi connectivity index (χ2n) is 5.55. The van der Waals surface area contributed by atoms with Crippen LogP contribution in [0.5, 0.6) is 0 Å². The number of hydrogen-bond acceptors (Lipinski definition) is 6. The fourth-order valence-electron chi connectivity index (χ4n) is 0.634. The van der Waals surface area contributed by atoms with Crippen LogP contribution in [0.2, 0.25) is 0 Å². The summed E-state index contributed by atoms with van der Waals surface area (Å²) < 4.78 is 9.70. The summed E-state index contributed by atoms with van der Waals surface area (Å²) in [4.78, 5) is 41.2. The Morgan fingerprint density at radius 2 is 1.04 bits per heavy atom. The molecule has 152 valence electrons. The van der Waals surface area contributed by atoms with Crippen molar-refractivity contribution in [1.29, 1.82) is 0 Å². The van der Waals surface area contributed by atoms with E-state index in [4.69, 9.17) is 19.7 Å². The summed E-state index contributed by atoms with van der Waals surface area (Å²) in [5, 5.41) is 15.8. The molecule has 2 N–H and O–H groups in total. The molecule has 0 fully saturated rings. The minimum atomic E-state index is -0.935. The molecule has 0 aliphatic heterocycles. The summed E-state index contributed by atoms with van der Waals surface area (Å²) in [7, 11) is 0. The topological polar surface area (TPSA) is 127 Å². The van der Waals surface area contributed by atoms with Gasteiger partial charge in [-0.1, -0.05) is 26.3 Å². The normalized spacial score (nSPS) is 9.67. The smallest absolute Gasteiger partial charge is 0.333 e. The number of aliphatic carboxylic acids is 2. The largest absolute Gasteiger partial charge is 0.478 e. The highest BCUT2D eigenvalue weighted by molar-refractivity contribution is 5.88. The van der Waals surface area contributed by atoms with Crippen LogP contribution in [0, 0.1) is 0 Å². The summed E-state index contributed by atoms with van der Waals surface area (Å²) in [5.41, 5.74) is 0.978. The highest BCUT2D eigenvalue weighted by Gasteiger charge is 2.12. The molecule has 0 aromatic rings. The van der Waals surface area contributed by atoms with Gasteiger partial charge in [-0.3, -0.25) is 0 Å². The van der Waals surface area contributed by atoms with Gasteiger partial charge in [0.1, 0.15) is 12.7 Å². The molecule has 0 bridgehead atoms. The molecule has 0 saturated carbocycles. The number of esters is 2. The lowest BCUT2D eigenvalue weighted by molar-refractivity contribution is -0.152. The van der Waals surface area contributed by atoms with Crippen LogP contribution < -0.4 is 0 Å². The predicted octanol–water partition coefficient (Wildman–Crippen LogP) is 2.91. The molecule has 0 radical (unpaired) electrons. The Kier molecular flexibility index (Phi) is 16.0. The van der Waals surface area contributed by atoms with Gasteiger partial charge in [0.2, 0.25) is 0 Å². The third-order valence-corrected chi connectivity index (χ3v) is 2.18. The van der Waals surface area contributed by atoms with Crippen LogP contribution in [0.1, 0.15) is 34.6 Å². The highest BCUT2D eigenvalue weighted by atomic mass is 16.6. The van der Waals surface area contributed by atoms with Gasteiger partial charge in [-0.25, -0.2) is 19.2 Å². The van der Waals surface area contributed by atoms with Crippen molar-refractivity contribution in [2.45, 2.75) is 40.7 Å². The molecule has 0 amide bonds. The lowest BCUT2D eigenvalue weighted by Crippen LogP contribution is -2.22. The van der Waals surface area contributed by atoms with E-state index < -0.39 is 30.0 Å². The van der Waals surface area contributed by atoms with Crippen molar-refractivity contribution in [2.24, 2.45) is 0 Å². The second kappa shape index (κ2) is 15.1. The van der Waals surface area contributed by atoms with E-state index >= 15 is 0 Å². The van der Waals surface area contributed by atoms with E-state index in [1.165, 1.54) is 13.8 Å². The molecule has 1 atom stereocenters. The van der Waals surface area contributed by atoms with Gasteiger partial charge in [-0.2, -0.15) is 0 Å². The third-order valence-electron chi connectivity index (χ3n) is 2.18. The Morgan fingerprint density at radius 3 is 1.26 bits per heavy atom. The van der Waals surface area contributed by atoms with Gasteiger partial charge in [0, 0.05) is 22.3 Å². The quantitative estimate of drug-likeness (QED) is 0.507. The van der Waals surface area contributed by atoms with E-state index in [0.717, 1.165) is 0 Å². The van der Waals surface area contributed by atoms with Crippen LogP contribution in [0.25, 0.3) is 0 Å². The standard InChI is InChI=1S/C11H16O4.2C4H6O2/c1-7(2)10(12)14-6-9(5)15-11(13)8(3)4;2*1-3(2)4(5)6/h9H,1,3,6H2,2,4-5H3;2*1H2,2H3,(H,5,6). The number of carbonyl (C=O) groups is 4. The molecule has 8 nitrogen and oxygen atoms in total. The second-order valence-corrected chi connectivity index (χ2v) is 5.55. The van der Waals surface area contributed by atoms with Crippen molar-refractivity contribution in [3.63, 3.8) is 0 Å². The van der Waals surface area contributed by atoms with E-state index in [-0.39, 0.29) is 17.8 Å². The van der Waals surface area contributed by atoms with Gasteiger partial charge in [0.25, 0.3) is 0 Å². The van der Waals surface area contributed by atoms with Crippen LogP contribution >= 0.6 is 0 Å². The van der Waals surface area contributed by atoms with E-state index in [2.05, 4.69) is 26.3 Å². The molecule has 0 aromatic carbocycles. The predicted molar refractivity (Wildman–Crippen MR) is 101 cm³/mol. The van der Waals surface area contributed by atoms with E-state index in [9.17, 15) is 19.2 Å². The average molecular weight is 384 g/mol. The van der Waals surface area contributed by atoms with E-state index in [1.807, 2.05) is 0 Å². The summed E-state index contributed by atoms with van der Waals surface area (Å²) >= 11 is 0. The lowest BCUT2D eigenvalue weighted by atomic mass is 10.3. The maximum atomic E-state index is 11.1. The van der Waals surface area contributed by atoms with Crippen molar-refractivity contribution in [1.82, 2.24) is 0 Å². The Morgan fingerprint density at radius 1 is 0.741 bits per heavy atom. The number of rotatable bonds is 7. The molecule has 0 aliphatic carbocycles. The van der Waals surface area contributed by atoms with Crippen LogP contribution in [0.15, 0.2) is 48.6 Å². The van der Waals surface area contributed by atoms with Crippen molar-refractivity contribution < 1.29 is 38.9 Å². The number of carboxylic acid groups (broad SMARTS) is 2. The van der Waals surface area contributed by atoms with E-state index in [0.29, 0.717) is 11.1 Å². The zero-order valence-corrected chi connectivity index (χ0v) is 16.5. The molecule has 1 unspecified atom stereocenters. The number of carboxylic acids is 2. The highest BCUT2D eigenvalue weighted by Crippen LogP contribution is 2.00. The monoisotopic (exact) mass is 384 g/mol. The molecule has 0 heterocycles. The van der Waals surface area contributed by atoms with Gasteiger partial charge >= 0.3 is 23.9 Å². The Bertz CT molecular complexity index is 565. The molecular weight excluding hydrogens is 356 g/mol. The van der Waals surface area contributed by atoms with Crippen molar-refractivity contribution >= 4 is 23.9 Å². The van der Waals surface area contributed by atoms with Gasteiger partial charge in [0.15, 0.2) is 0 Å². The van der Waals surface area contributed by atoms with Crippen molar-refractivity contribution in [3.8, 4) is 0 Å². The average Bonchev–Trinajstić information content (AvgIpc) is 2.53. The molecule has 0 spiro atoms. The van der Waals surface area contributed by atoms with Crippen LogP contribution in [0.4, 0.5) is 0 Å². The van der Waals surface area contributed by atoms with Crippen molar-refractivity contribution in [2.75, 3.05) is 6.61 Å². The molecule has 0 aliphatic rings. The van der Waals surface area contributed by atoms with Crippen LogP contribution in [-0.4, -0.2) is 46.8 Å². The molecule has 0 saturated heterocycles. The van der Waals surface area contributed by atoms with Gasteiger partial charge in [0.05, 0.1) is 0 Å². The molecule has 27 heavy (non-hydrogen) atoms. The summed E-state index contributed by atoms with van der Waals surface area (Å²) in [6.07, 6.45) is -0.488. The maximum Gasteiger partial charge on any atom is 0.333 e. The van der Waals surface area contributed by atoms with Crippen LogP contribution in [0.3, 0.4) is 0 Å². The van der Waals surface area contributed by atoms with Gasteiger partial charge < -0.3 is 19.7 Å². The van der Waals surface area contributed by atoms with E-state index in [1.54, 1.807) is 20.8 Å². The Labute approximate surface area is 159 Å². The number of hydrogen-bond donors (Lipinski definition) is 2. The summed E-state index contributed by atoms with van der Waals surface area (Å²) in [5.74, 6) is -2.85. The first-order valence-electron chi connectivity index (χ1n) is 7.60. The van der Waals surface area contributed by atoms with Gasteiger partial charge in [-0.15, -0.1) is 0 Å². The number of ether oxygens (including phenoxy) is 2.